The summed E-state index contributed by atoms with van der Waals surface area (Å²) in [7, 11) is 0. The maximum absolute atomic E-state index is 11.6. The minimum atomic E-state index is -0.710. The van der Waals surface area contributed by atoms with Crippen molar-refractivity contribution in [2.75, 3.05) is 0 Å². The van der Waals surface area contributed by atoms with Crippen molar-refractivity contribution >= 4 is 17.1 Å². The number of hydrogen-bond donors (Lipinski definition) is 0. The highest BCUT2D eigenvalue weighted by atomic mass is 16.7. The molecule has 2 heterocycles. The van der Waals surface area contributed by atoms with Gasteiger partial charge in [0, 0.05) is 0 Å². The molecule has 0 saturated heterocycles. The Morgan fingerprint density at radius 1 is 1.29 bits per heavy atom. The van der Waals surface area contributed by atoms with Crippen molar-refractivity contribution in [1.29, 1.82) is 0 Å². The summed E-state index contributed by atoms with van der Waals surface area (Å²) in [5.74, 6) is 0. The van der Waals surface area contributed by atoms with Gasteiger partial charge < -0.3 is 0 Å². The van der Waals surface area contributed by atoms with Gasteiger partial charge in [-0.1, -0.05) is 17.0 Å². The van der Waals surface area contributed by atoms with Crippen LogP contribution in [0.25, 0.3) is 11.0 Å². The molecule has 0 fully saturated rings. The minimum Gasteiger partial charge on any atom is -0.295 e. The van der Waals surface area contributed by atoms with Crippen LogP contribution < -0.4 is 4.84 Å². The molecule has 0 radical (unpaired) electrons. The second kappa shape index (κ2) is 3.67. The molecule has 0 spiro atoms. The summed E-state index contributed by atoms with van der Waals surface area (Å²) in [4.78, 5) is 21.2. The van der Waals surface area contributed by atoms with Gasteiger partial charge >= 0.3 is 6.09 Å². The van der Waals surface area contributed by atoms with Crippen molar-refractivity contribution in [3.05, 3.63) is 36.9 Å². The van der Waals surface area contributed by atoms with Crippen molar-refractivity contribution < 1.29 is 9.63 Å². The Labute approximate surface area is 94.4 Å². The smallest absolute Gasteiger partial charge is 0.295 e. The predicted molar refractivity (Wildman–Crippen MR) is 54.9 cm³/mol. The molecule has 0 aliphatic heterocycles. The van der Waals surface area contributed by atoms with Crippen molar-refractivity contribution in [2.45, 2.75) is 0 Å². The molecule has 0 aliphatic rings. The van der Waals surface area contributed by atoms with E-state index in [4.69, 9.17) is 4.84 Å². The van der Waals surface area contributed by atoms with Crippen molar-refractivity contribution in [1.82, 2.24) is 29.9 Å². The maximum atomic E-state index is 11.6. The van der Waals surface area contributed by atoms with Gasteiger partial charge in [-0.05, 0) is 17.3 Å². The normalized spacial score (nSPS) is 10.6. The fraction of sp³-hybridized carbons (Fsp3) is 0. The lowest BCUT2D eigenvalue weighted by Gasteiger charge is -2.01. The maximum Gasteiger partial charge on any atom is 0.462 e. The van der Waals surface area contributed by atoms with Crippen LogP contribution in [-0.2, 0) is 0 Å². The van der Waals surface area contributed by atoms with Crippen LogP contribution >= 0.6 is 0 Å². The highest BCUT2D eigenvalue weighted by Crippen LogP contribution is 2.08. The van der Waals surface area contributed by atoms with E-state index in [0.717, 1.165) is 9.53 Å². The molecule has 0 unspecified atom stereocenters. The molecule has 0 saturated carbocycles. The fourth-order valence-electron chi connectivity index (χ4n) is 1.33. The van der Waals surface area contributed by atoms with Gasteiger partial charge in [-0.3, -0.25) is 4.84 Å². The Bertz CT molecular complexity index is 659. The number of nitrogens with zero attached hydrogens (tertiary/aromatic N) is 6. The molecule has 0 atom stereocenters. The molecular formula is C9H6N6O2. The first-order valence-corrected chi connectivity index (χ1v) is 4.72. The van der Waals surface area contributed by atoms with Crippen molar-refractivity contribution in [3.63, 3.8) is 0 Å². The average Bonchev–Trinajstić information content (AvgIpc) is 2.98. The third-order valence-electron chi connectivity index (χ3n) is 2.09. The largest absolute Gasteiger partial charge is 0.462 e. The van der Waals surface area contributed by atoms with E-state index in [2.05, 4.69) is 20.4 Å². The van der Waals surface area contributed by atoms with Gasteiger partial charge in [0.05, 0.1) is 0 Å². The molecule has 17 heavy (non-hydrogen) atoms. The van der Waals surface area contributed by atoms with Gasteiger partial charge in [0.25, 0.3) is 0 Å². The third-order valence-corrected chi connectivity index (χ3v) is 2.09. The number of carbonyl (C=O) groups is 1. The highest BCUT2D eigenvalue weighted by Gasteiger charge is 2.11. The van der Waals surface area contributed by atoms with E-state index in [1.807, 2.05) is 6.07 Å². The van der Waals surface area contributed by atoms with Gasteiger partial charge in [-0.2, -0.15) is 4.68 Å². The van der Waals surface area contributed by atoms with E-state index in [9.17, 15) is 4.79 Å². The number of aromatic nitrogens is 6. The summed E-state index contributed by atoms with van der Waals surface area (Å²) < 4.78 is 0.955. The predicted octanol–water partition coefficient (Wildman–Crippen LogP) is 0.120. The summed E-state index contributed by atoms with van der Waals surface area (Å²) in [6.07, 6.45) is 1.76. The lowest BCUT2D eigenvalue weighted by molar-refractivity contribution is 0.117. The zero-order valence-corrected chi connectivity index (χ0v) is 8.46. The van der Waals surface area contributed by atoms with E-state index in [0.29, 0.717) is 11.0 Å². The number of carbonyl (C=O) groups excluding carboxylic acids is 1. The van der Waals surface area contributed by atoms with E-state index in [-0.39, 0.29) is 0 Å². The molecule has 0 amide bonds. The SMILES string of the molecule is O=C(On1nnc2ccccc21)n1cncn1. The summed E-state index contributed by atoms with van der Waals surface area (Å²) >= 11 is 0. The molecular weight excluding hydrogens is 224 g/mol. The number of fused-ring (bicyclic) bond motifs is 1. The van der Waals surface area contributed by atoms with Crippen LogP contribution in [0.5, 0.6) is 0 Å². The topological polar surface area (TPSA) is 87.7 Å². The monoisotopic (exact) mass is 230 g/mol. The summed E-state index contributed by atoms with van der Waals surface area (Å²) in [6.45, 7) is 0. The number of hydrogen-bond acceptors (Lipinski definition) is 6. The first-order chi connectivity index (χ1) is 8.34. The van der Waals surface area contributed by atoms with Crippen LogP contribution in [0.2, 0.25) is 0 Å². The summed E-state index contributed by atoms with van der Waals surface area (Å²) in [5, 5.41) is 11.2. The average molecular weight is 230 g/mol. The first kappa shape index (κ1) is 9.46. The standard InChI is InChI=1S/C9H6N6O2/c16-9(14-6-10-5-11-14)17-15-8-4-2-1-3-7(8)12-13-15/h1-6H. The first-order valence-electron chi connectivity index (χ1n) is 4.72. The lowest BCUT2D eigenvalue weighted by atomic mass is 10.3. The number of benzene rings is 1. The van der Waals surface area contributed by atoms with E-state index < -0.39 is 6.09 Å². The zero-order chi connectivity index (χ0) is 11.7. The highest BCUT2D eigenvalue weighted by molar-refractivity contribution is 5.75. The summed E-state index contributed by atoms with van der Waals surface area (Å²) in [5.41, 5.74) is 1.24. The lowest BCUT2D eigenvalue weighted by Crippen LogP contribution is -2.26. The molecule has 0 bridgehead atoms. The van der Waals surface area contributed by atoms with E-state index in [1.165, 1.54) is 12.7 Å². The molecule has 3 aromatic rings. The van der Waals surface area contributed by atoms with Crippen LogP contribution in [-0.4, -0.2) is 36.0 Å². The van der Waals surface area contributed by atoms with Gasteiger partial charge in [-0.25, -0.2) is 9.78 Å². The Hall–Kier alpha value is -2.77. The molecule has 2 aromatic heterocycles. The Morgan fingerprint density at radius 3 is 3.00 bits per heavy atom. The van der Waals surface area contributed by atoms with E-state index >= 15 is 0 Å². The van der Waals surface area contributed by atoms with Crippen molar-refractivity contribution in [3.8, 4) is 0 Å². The second-order valence-electron chi connectivity index (χ2n) is 3.15. The Kier molecular flexibility index (Phi) is 2.04. The quantitative estimate of drug-likeness (QED) is 0.552. The zero-order valence-electron chi connectivity index (χ0n) is 8.46. The molecule has 0 aliphatic carbocycles. The number of para-hydroxylation sites is 1. The number of rotatable bonds is 1. The molecule has 3 rings (SSSR count). The molecule has 0 N–H and O–H groups in total. The van der Waals surface area contributed by atoms with Crippen LogP contribution in [0.3, 0.4) is 0 Å². The van der Waals surface area contributed by atoms with Crippen LogP contribution in [0.4, 0.5) is 4.79 Å². The van der Waals surface area contributed by atoms with Crippen LogP contribution in [0, 0.1) is 0 Å². The Balaban J connectivity index is 1.93. The van der Waals surface area contributed by atoms with Crippen LogP contribution in [0.15, 0.2) is 36.9 Å². The van der Waals surface area contributed by atoms with Crippen molar-refractivity contribution in [2.24, 2.45) is 0 Å². The molecule has 8 nitrogen and oxygen atoms in total. The fourth-order valence-corrected chi connectivity index (χ4v) is 1.33. The Morgan fingerprint density at radius 2 is 2.18 bits per heavy atom. The van der Waals surface area contributed by atoms with Crippen LogP contribution in [0.1, 0.15) is 0 Å². The molecule has 8 heteroatoms. The molecule has 84 valence electrons. The third kappa shape index (κ3) is 1.61. The summed E-state index contributed by atoms with van der Waals surface area (Å²) in [6, 6.07) is 7.12. The minimum absolute atomic E-state index is 0.598. The molecule has 1 aromatic carbocycles. The van der Waals surface area contributed by atoms with Gasteiger partial charge in [-0.15, -0.1) is 10.2 Å². The van der Waals surface area contributed by atoms with E-state index in [1.54, 1.807) is 18.2 Å². The van der Waals surface area contributed by atoms with Gasteiger partial charge in [0.2, 0.25) is 0 Å². The second-order valence-corrected chi connectivity index (χ2v) is 3.15. The van der Waals surface area contributed by atoms with Gasteiger partial charge in [0.1, 0.15) is 23.7 Å². The van der Waals surface area contributed by atoms with Gasteiger partial charge in [0.15, 0.2) is 0 Å².